The van der Waals surface area contributed by atoms with E-state index in [1.165, 1.54) is 0 Å². The van der Waals surface area contributed by atoms with Gasteiger partial charge in [-0.25, -0.2) is 0 Å². The summed E-state index contributed by atoms with van der Waals surface area (Å²) in [6, 6.07) is 13.7. The van der Waals surface area contributed by atoms with Gasteiger partial charge in [-0.1, -0.05) is 19.1 Å². The third-order valence-corrected chi connectivity index (χ3v) is 6.78. The van der Waals surface area contributed by atoms with E-state index >= 15 is 0 Å². The van der Waals surface area contributed by atoms with Crippen LogP contribution < -0.4 is 15.4 Å². The molecule has 1 atom stereocenters. The van der Waals surface area contributed by atoms with Crippen LogP contribution in [0.25, 0.3) is 0 Å². The van der Waals surface area contributed by atoms with Gasteiger partial charge < -0.3 is 25.0 Å². The predicted octanol–water partition coefficient (Wildman–Crippen LogP) is 3.35. The third kappa shape index (κ3) is 4.42. The Morgan fingerprint density at radius 2 is 1.73 bits per heavy atom. The van der Waals surface area contributed by atoms with Crippen molar-refractivity contribution in [3.05, 3.63) is 53.6 Å². The summed E-state index contributed by atoms with van der Waals surface area (Å²) in [6.45, 7) is 10.4. The van der Waals surface area contributed by atoms with Crippen LogP contribution >= 0.6 is 0 Å². The standard InChI is InChI=1S/C26H33N3O4/c1-18(30)29-23-10-7-20(27)15-22(23)26(4,17-25(29,2)3)19-5-8-21(9-6-19)33-16-24(31)28-11-13-32-14-12-28/h5-10,15H,11-14,16-17,27H2,1-4H3. The Kier molecular flexibility index (Phi) is 6.10. The lowest BCUT2D eigenvalue weighted by Gasteiger charge is -2.51. The molecule has 0 radical (unpaired) electrons. The second-order valence-corrected chi connectivity index (χ2v) is 9.76. The maximum atomic E-state index is 12.5. The number of ether oxygens (including phenoxy) is 2. The molecule has 7 nitrogen and oxygen atoms in total. The number of nitrogen functional groups attached to an aromatic ring is 1. The number of hydrogen-bond acceptors (Lipinski definition) is 5. The van der Waals surface area contributed by atoms with Crippen LogP contribution in [0.4, 0.5) is 11.4 Å². The van der Waals surface area contributed by atoms with Crippen molar-refractivity contribution in [2.75, 3.05) is 43.5 Å². The molecule has 2 heterocycles. The molecule has 0 aromatic heterocycles. The van der Waals surface area contributed by atoms with Gasteiger partial charge in [0, 0.05) is 42.3 Å². The first-order valence-electron chi connectivity index (χ1n) is 11.4. The van der Waals surface area contributed by atoms with Crippen molar-refractivity contribution in [3.8, 4) is 5.75 Å². The Morgan fingerprint density at radius 3 is 2.36 bits per heavy atom. The van der Waals surface area contributed by atoms with E-state index in [1.54, 1.807) is 11.8 Å². The molecule has 0 spiro atoms. The number of anilines is 2. The Morgan fingerprint density at radius 1 is 1.06 bits per heavy atom. The number of fused-ring (bicyclic) bond motifs is 1. The maximum absolute atomic E-state index is 12.5. The largest absolute Gasteiger partial charge is 0.484 e. The van der Waals surface area contributed by atoms with Crippen LogP contribution in [0.15, 0.2) is 42.5 Å². The minimum Gasteiger partial charge on any atom is -0.484 e. The number of hydrogen-bond donors (Lipinski definition) is 1. The van der Waals surface area contributed by atoms with Gasteiger partial charge in [-0.15, -0.1) is 0 Å². The molecule has 1 fully saturated rings. The molecule has 1 saturated heterocycles. The Bertz CT molecular complexity index is 1040. The number of carbonyl (C=O) groups is 2. The summed E-state index contributed by atoms with van der Waals surface area (Å²) >= 11 is 0. The molecule has 33 heavy (non-hydrogen) atoms. The first kappa shape index (κ1) is 23.1. The van der Waals surface area contributed by atoms with Gasteiger partial charge in [0.15, 0.2) is 6.61 Å². The molecule has 176 valence electrons. The number of nitrogens with two attached hydrogens (primary N) is 1. The lowest BCUT2D eigenvalue weighted by molar-refractivity contribution is -0.137. The highest BCUT2D eigenvalue weighted by molar-refractivity contribution is 5.95. The van der Waals surface area contributed by atoms with E-state index in [0.29, 0.717) is 37.7 Å². The highest BCUT2D eigenvalue weighted by Gasteiger charge is 2.47. The van der Waals surface area contributed by atoms with Crippen molar-refractivity contribution >= 4 is 23.2 Å². The fraction of sp³-hybridized carbons (Fsp3) is 0.462. The molecule has 0 bridgehead atoms. The van der Waals surface area contributed by atoms with E-state index in [-0.39, 0.29) is 29.4 Å². The summed E-state index contributed by atoms with van der Waals surface area (Å²) in [5, 5.41) is 0. The Hall–Kier alpha value is -3.06. The van der Waals surface area contributed by atoms with Gasteiger partial charge >= 0.3 is 0 Å². The molecule has 2 aliphatic heterocycles. The topological polar surface area (TPSA) is 85.1 Å². The quantitative estimate of drug-likeness (QED) is 0.721. The fourth-order valence-corrected chi connectivity index (χ4v) is 5.38. The van der Waals surface area contributed by atoms with Gasteiger partial charge in [-0.05, 0) is 61.7 Å². The van der Waals surface area contributed by atoms with E-state index in [4.69, 9.17) is 15.2 Å². The predicted molar refractivity (Wildman–Crippen MR) is 129 cm³/mol. The van der Waals surface area contributed by atoms with Crippen LogP contribution in [-0.4, -0.2) is 55.2 Å². The molecule has 1 unspecified atom stereocenters. The first-order valence-corrected chi connectivity index (χ1v) is 11.4. The van der Waals surface area contributed by atoms with Crippen molar-refractivity contribution in [1.82, 2.24) is 4.90 Å². The zero-order chi connectivity index (χ0) is 23.8. The molecule has 2 aromatic carbocycles. The van der Waals surface area contributed by atoms with E-state index in [0.717, 1.165) is 23.2 Å². The Balaban J connectivity index is 1.59. The lowest BCUT2D eigenvalue weighted by atomic mass is 9.65. The van der Waals surface area contributed by atoms with Crippen LogP contribution in [0.1, 0.15) is 45.2 Å². The number of nitrogens with zero attached hydrogens (tertiary/aromatic N) is 2. The average Bonchev–Trinajstić information content (AvgIpc) is 2.78. The smallest absolute Gasteiger partial charge is 0.260 e. The van der Waals surface area contributed by atoms with Crippen molar-refractivity contribution in [3.63, 3.8) is 0 Å². The SMILES string of the molecule is CC(=O)N1c2ccc(N)cc2C(C)(c2ccc(OCC(=O)N3CCOCC3)cc2)CC1(C)C. The summed E-state index contributed by atoms with van der Waals surface area (Å²) in [7, 11) is 0. The number of benzene rings is 2. The van der Waals surface area contributed by atoms with Crippen molar-refractivity contribution in [2.24, 2.45) is 0 Å². The zero-order valence-electron chi connectivity index (χ0n) is 19.9. The first-order chi connectivity index (χ1) is 15.6. The second-order valence-electron chi connectivity index (χ2n) is 9.76. The van der Waals surface area contributed by atoms with Gasteiger partial charge in [0.1, 0.15) is 5.75 Å². The second kappa shape index (κ2) is 8.71. The van der Waals surface area contributed by atoms with Crippen molar-refractivity contribution < 1.29 is 19.1 Å². The van der Waals surface area contributed by atoms with Crippen molar-refractivity contribution in [2.45, 2.75) is 45.1 Å². The van der Waals surface area contributed by atoms with Gasteiger partial charge in [0.2, 0.25) is 5.91 Å². The van der Waals surface area contributed by atoms with E-state index in [2.05, 4.69) is 20.8 Å². The van der Waals surface area contributed by atoms with Gasteiger partial charge in [-0.2, -0.15) is 0 Å². The van der Waals surface area contributed by atoms with Gasteiger partial charge in [0.05, 0.1) is 13.2 Å². The van der Waals surface area contributed by atoms with Crippen molar-refractivity contribution in [1.29, 1.82) is 0 Å². The molecule has 7 heteroatoms. The minimum absolute atomic E-state index is 0.0105. The summed E-state index contributed by atoms with van der Waals surface area (Å²) in [5.74, 6) is 0.635. The summed E-state index contributed by atoms with van der Waals surface area (Å²) in [4.78, 5) is 28.5. The molecule has 4 rings (SSSR count). The van der Waals surface area contributed by atoms with Crippen LogP contribution in [-0.2, 0) is 19.7 Å². The Labute approximate surface area is 195 Å². The maximum Gasteiger partial charge on any atom is 0.260 e. The minimum atomic E-state index is -0.372. The summed E-state index contributed by atoms with van der Waals surface area (Å²) < 4.78 is 11.1. The van der Waals surface area contributed by atoms with Crippen LogP contribution in [0.5, 0.6) is 5.75 Å². The number of morpholine rings is 1. The average molecular weight is 452 g/mol. The highest BCUT2D eigenvalue weighted by Crippen LogP contribution is 2.51. The number of amides is 2. The van der Waals surface area contributed by atoms with Crippen LogP contribution in [0, 0.1) is 0 Å². The molecule has 0 saturated carbocycles. The molecule has 2 aromatic rings. The van der Waals surface area contributed by atoms with Gasteiger partial charge in [0.25, 0.3) is 5.91 Å². The molecule has 2 aliphatic rings. The monoisotopic (exact) mass is 451 g/mol. The third-order valence-electron chi connectivity index (χ3n) is 6.78. The highest BCUT2D eigenvalue weighted by atomic mass is 16.5. The summed E-state index contributed by atoms with van der Waals surface area (Å²) in [6.07, 6.45) is 0.742. The molecule has 2 amide bonds. The molecule has 2 N–H and O–H groups in total. The number of rotatable bonds is 4. The molecular formula is C26H33N3O4. The lowest BCUT2D eigenvalue weighted by Crippen LogP contribution is -2.55. The van der Waals surface area contributed by atoms with E-state index in [1.807, 2.05) is 47.4 Å². The normalized spacial score (nSPS) is 21.9. The van der Waals surface area contributed by atoms with Gasteiger partial charge in [-0.3, -0.25) is 9.59 Å². The molecule has 0 aliphatic carbocycles. The van der Waals surface area contributed by atoms with E-state index < -0.39 is 0 Å². The number of carbonyl (C=O) groups excluding carboxylic acids is 2. The zero-order valence-corrected chi connectivity index (χ0v) is 19.9. The van der Waals surface area contributed by atoms with Crippen LogP contribution in [0.3, 0.4) is 0 Å². The van der Waals surface area contributed by atoms with Crippen LogP contribution in [0.2, 0.25) is 0 Å². The fourth-order valence-electron chi connectivity index (χ4n) is 5.38. The summed E-state index contributed by atoms with van der Waals surface area (Å²) in [5.41, 5.74) is 9.15. The van der Waals surface area contributed by atoms with E-state index in [9.17, 15) is 9.59 Å². The molecular weight excluding hydrogens is 418 g/mol.